The molecule has 2 aromatic rings. The van der Waals surface area contributed by atoms with Gasteiger partial charge in [0.25, 0.3) is 0 Å². The van der Waals surface area contributed by atoms with E-state index >= 15 is 0 Å². The Balaban J connectivity index is 2.46. The first-order chi connectivity index (χ1) is 9.90. The summed E-state index contributed by atoms with van der Waals surface area (Å²) in [4.78, 5) is 10.5. The summed E-state index contributed by atoms with van der Waals surface area (Å²) in [6.45, 7) is 0. The summed E-state index contributed by atoms with van der Waals surface area (Å²) in [7, 11) is 0. The molecular formula is C15H8Cl4O2. The molecule has 0 spiro atoms. The average molecular weight is 362 g/mol. The summed E-state index contributed by atoms with van der Waals surface area (Å²) in [5, 5.41) is 10.0. The Bertz CT molecular complexity index is 739. The average Bonchev–Trinajstić information content (AvgIpc) is 2.43. The van der Waals surface area contributed by atoms with E-state index in [1.54, 1.807) is 30.3 Å². The number of benzene rings is 2. The maximum atomic E-state index is 10.5. The van der Waals surface area contributed by atoms with Crippen molar-refractivity contribution in [1.29, 1.82) is 0 Å². The van der Waals surface area contributed by atoms with Gasteiger partial charge in [-0.05, 0) is 29.3 Å². The second-order valence-electron chi connectivity index (χ2n) is 4.13. The van der Waals surface area contributed by atoms with Gasteiger partial charge in [-0.25, -0.2) is 4.79 Å². The highest BCUT2D eigenvalue weighted by Crippen LogP contribution is 2.39. The second-order valence-corrected chi connectivity index (χ2v) is 5.70. The van der Waals surface area contributed by atoms with Crippen LogP contribution in [-0.2, 0) is 4.79 Å². The Labute approximate surface area is 141 Å². The van der Waals surface area contributed by atoms with Crippen LogP contribution in [0.4, 0.5) is 0 Å². The van der Waals surface area contributed by atoms with Crippen molar-refractivity contribution in [3.05, 3.63) is 62.1 Å². The van der Waals surface area contributed by atoms with E-state index in [1.165, 1.54) is 6.08 Å². The Morgan fingerprint density at radius 1 is 0.952 bits per heavy atom. The standard InChI is InChI=1S/C15H8Cl4O2/c16-11-5-4-10(14(18)15(11)19)9-2-1-8(12(17)7-9)3-6-13(20)21/h1-7H,(H,20,21)/b6-3+. The summed E-state index contributed by atoms with van der Waals surface area (Å²) in [6, 6.07) is 8.57. The first-order valence-electron chi connectivity index (χ1n) is 5.74. The van der Waals surface area contributed by atoms with Gasteiger partial charge >= 0.3 is 5.97 Å². The lowest BCUT2D eigenvalue weighted by Crippen LogP contribution is -1.87. The lowest BCUT2D eigenvalue weighted by atomic mass is 10.0. The van der Waals surface area contributed by atoms with E-state index in [0.717, 1.165) is 11.6 Å². The van der Waals surface area contributed by atoms with Crippen LogP contribution in [0.1, 0.15) is 5.56 Å². The zero-order valence-corrected chi connectivity index (χ0v) is 13.4. The number of hydrogen-bond donors (Lipinski definition) is 1. The predicted octanol–water partition coefficient (Wildman–Crippen LogP) is 6.07. The Morgan fingerprint density at radius 2 is 1.67 bits per heavy atom. The molecular weight excluding hydrogens is 354 g/mol. The van der Waals surface area contributed by atoms with Gasteiger partial charge in [0.05, 0.1) is 15.1 Å². The van der Waals surface area contributed by atoms with Gasteiger partial charge in [-0.1, -0.05) is 64.6 Å². The van der Waals surface area contributed by atoms with Crippen LogP contribution in [0.15, 0.2) is 36.4 Å². The molecule has 2 aromatic carbocycles. The molecule has 0 aliphatic carbocycles. The van der Waals surface area contributed by atoms with Gasteiger partial charge in [-0.2, -0.15) is 0 Å². The van der Waals surface area contributed by atoms with Crippen molar-refractivity contribution in [3.8, 4) is 11.1 Å². The third-order valence-corrected chi connectivity index (χ3v) is 4.37. The smallest absolute Gasteiger partial charge is 0.328 e. The number of aliphatic carboxylic acids is 1. The van der Waals surface area contributed by atoms with E-state index in [4.69, 9.17) is 51.5 Å². The van der Waals surface area contributed by atoms with Crippen LogP contribution in [0.25, 0.3) is 17.2 Å². The molecule has 21 heavy (non-hydrogen) atoms. The van der Waals surface area contributed by atoms with Gasteiger partial charge in [-0.3, -0.25) is 0 Å². The monoisotopic (exact) mass is 360 g/mol. The summed E-state index contributed by atoms with van der Waals surface area (Å²) in [5.41, 5.74) is 2.05. The molecule has 0 heterocycles. The Morgan fingerprint density at radius 3 is 2.29 bits per heavy atom. The van der Waals surface area contributed by atoms with Crippen LogP contribution < -0.4 is 0 Å². The number of carboxylic acid groups (broad SMARTS) is 1. The van der Waals surface area contributed by atoms with Crippen LogP contribution in [0, 0.1) is 0 Å². The first kappa shape index (κ1) is 16.2. The molecule has 0 unspecified atom stereocenters. The van der Waals surface area contributed by atoms with Crippen molar-refractivity contribution in [2.24, 2.45) is 0 Å². The molecule has 0 atom stereocenters. The Kier molecular flexibility index (Phi) is 5.17. The molecule has 0 bridgehead atoms. The fraction of sp³-hybridized carbons (Fsp3) is 0. The minimum Gasteiger partial charge on any atom is -0.478 e. The molecule has 0 aliphatic heterocycles. The van der Waals surface area contributed by atoms with Crippen LogP contribution >= 0.6 is 46.4 Å². The van der Waals surface area contributed by atoms with Crippen LogP contribution in [0.2, 0.25) is 20.1 Å². The molecule has 108 valence electrons. The van der Waals surface area contributed by atoms with Crippen LogP contribution in [0.3, 0.4) is 0 Å². The normalized spacial score (nSPS) is 11.0. The topological polar surface area (TPSA) is 37.3 Å². The zero-order valence-electron chi connectivity index (χ0n) is 10.4. The van der Waals surface area contributed by atoms with E-state index in [9.17, 15) is 4.79 Å². The van der Waals surface area contributed by atoms with Gasteiger partial charge in [-0.15, -0.1) is 0 Å². The molecule has 6 heteroatoms. The maximum Gasteiger partial charge on any atom is 0.328 e. The molecule has 0 aromatic heterocycles. The number of hydrogen-bond acceptors (Lipinski definition) is 1. The third kappa shape index (κ3) is 3.72. The second kappa shape index (κ2) is 6.71. The van der Waals surface area contributed by atoms with Gasteiger partial charge < -0.3 is 5.11 Å². The summed E-state index contributed by atoms with van der Waals surface area (Å²) in [6.07, 6.45) is 2.44. The van der Waals surface area contributed by atoms with E-state index in [2.05, 4.69) is 0 Å². The highest BCUT2D eigenvalue weighted by molar-refractivity contribution is 6.49. The number of carboxylic acids is 1. The van der Waals surface area contributed by atoms with Crippen molar-refractivity contribution < 1.29 is 9.90 Å². The van der Waals surface area contributed by atoms with Crippen molar-refractivity contribution in [2.75, 3.05) is 0 Å². The fourth-order valence-electron chi connectivity index (χ4n) is 1.74. The van der Waals surface area contributed by atoms with E-state index < -0.39 is 5.97 Å². The zero-order chi connectivity index (χ0) is 15.6. The molecule has 0 saturated heterocycles. The minimum atomic E-state index is -1.04. The fourth-order valence-corrected chi connectivity index (χ4v) is 2.63. The highest BCUT2D eigenvalue weighted by atomic mass is 35.5. The van der Waals surface area contributed by atoms with Gasteiger partial charge in [0.1, 0.15) is 0 Å². The predicted molar refractivity (Wildman–Crippen MR) is 88.6 cm³/mol. The number of halogens is 4. The Hall–Kier alpha value is -1.19. The quantitative estimate of drug-likeness (QED) is 0.532. The van der Waals surface area contributed by atoms with Crippen molar-refractivity contribution in [3.63, 3.8) is 0 Å². The summed E-state index contributed by atoms with van der Waals surface area (Å²) >= 11 is 24.2. The SMILES string of the molecule is O=C(O)/C=C/c1ccc(-c2ccc(Cl)c(Cl)c2Cl)cc1Cl. The molecule has 0 amide bonds. The van der Waals surface area contributed by atoms with Gasteiger partial charge in [0.15, 0.2) is 0 Å². The maximum absolute atomic E-state index is 10.5. The lowest BCUT2D eigenvalue weighted by molar-refractivity contribution is -0.131. The lowest BCUT2D eigenvalue weighted by Gasteiger charge is -2.09. The third-order valence-electron chi connectivity index (χ3n) is 2.75. The first-order valence-corrected chi connectivity index (χ1v) is 7.25. The van der Waals surface area contributed by atoms with Crippen LogP contribution in [0.5, 0.6) is 0 Å². The van der Waals surface area contributed by atoms with Crippen molar-refractivity contribution >= 4 is 58.4 Å². The molecule has 2 nitrogen and oxygen atoms in total. The van der Waals surface area contributed by atoms with E-state index in [0.29, 0.717) is 26.2 Å². The van der Waals surface area contributed by atoms with E-state index in [-0.39, 0.29) is 5.02 Å². The van der Waals surface area contributed by atoms with E-state index in [1.807, 2.05) is 0 Å². The van der Waals surface area contributed by atoms with Crippen LogP contribution in [-0.4, -0.2) is 11.1 Å². The van der Waals surface area contributed by atoms with Crippen molar-refractivity contribution in [2.45, 2.75) is 0 Å². The molecule has 2 rings (SSSR count). The van der Waals surface area contributed by atoms with Crippen molar-refractivity contribution in [1.82, 2.24) is 0 Å². The molecule has 0 aliphatic rings. The highest BCUT2D eigenvalue weighted by Gasteiger charge is 2.11. The molecule has 0 saturated carbocycles. The summed E-state index contributed by atoms with van der Waals surface area (Å²) in [5.74, 6) is -1.04. The molecule has 0 radical (unpaired) electrons. The minimum absolute atomic E-state index is 0.279. The summed E-state index contributed by atoms with van der Waals surface area (Å²) < 4.78 is 0. The van der Waals surface area contributed by atoms with Gasteiger partial charge in [0, 0.05) is 16.7 Å². The molecule has 1 N–H and O–H groups in total. The number of carbonyl (C=O) groups is 1. The van der Waals surface area contributed by atoms with Gasteiger partial charge in [0.2, 0.25) is 0 Å². The molecule has 0 fully saturated rings. The largest absolute Gasteiger partial charge is 0.478 e. The number of rotatable bonds is 3.